The number of rotatable bonds is 3. The van der Waals surface area contributed by atoms with Crippen LogP contribution >= 0.6 is 23.2 Å². The molecule has 1 aromatic carbocycles. The van der Waals surface area contributed by atoms with Crippen molar-refractivity contribution in [3.8, 4) is 0 Å². The zero-order valence-electron chi connectivity index (χ0n) is 10.4. The molecule has 102 valence electrons. The largest absolute Gasteiger partial charge is 0.386 e. The van der Waals surface area contributed by atoms with Crippen molar-refractivity contribution in [2.75, 3.05) is 13.1 Å². The van der Waals surface area contributed by atoms with Gasteiger partial charge in [0.1, 0.15) is 5.60 Å². The normalized spacial score (nSPS) is 21.1. The molecule has 1 aromatic rings. The first-order chi connectivity index (χ1) is 8.98. The highest BCUT2D eigenvalue weighted by Gasteiger charge is 2.53. The van der Waals surface area contributed by atoms with Crippen molar-refractivity contribution in [2.45, 2.75) is 24.9 Å². The van der Waals surface area contributed by atoms with E-state index in [1.165, 1.54) is 0 Å². The lowest BCUT2D eigenvalue weighted by Crippen LogP contribution is -2.65. The van der Waals surface area contributed by atoms with Crippen LogP contribution in [0, 0.1) is 5.92 Å². The summed E-state index contributed by atoms with van der Waals surface area (Å²) in [7, 11) is 0. The van der Waals surface area contributed by atoms with Crippen molar-refractivity contribution in [2.24, 2.45) is 5.92 Å². The van der Waals surface area contributed by atoms with Gasteiger partial charge >= 0.3 is 0 Å². The molecule has 0 unspecified atom stereocenters. The Kier molecular flexibility index (Phi) is 3.24. The number of nitrogens with zero attached hydrogens (tertiary/aromatic N) is 1. The number of hydrogen-bond donors (Lipinski definition) is 1. The van der Waals surface area contributed by atoms with Gasteiger partial charge in [-0.05, 0) is 36.5 Å². The lowest BCUT2D eigenvalue weighted by molar-refractivity contribution is -0.158. The van der Waals surface area contributed by atoms with Crippen LogP contribution in [0.3, 0.4) is 0 Å². The molecule has 1 aliphatic carbocycles. The maximum absolute atomic E-state index is 12.1. The third-order valence-corrected chi connectivity index (χ3v) is 4.56. The molecule has 0 radical (unpaired) electrons. The van der Waals surface area contributed by atoms with Gasteiger partial charge in [-0.25, -0.2) is 0 Å². The van der Waals surface area contributed by atoms with E-state index in [4.69, 9.17) is 23.2 Å². The second-order valence-corrected chi connectivity index (χ2v) is 6.38. The Morgan fingerprint density at radius 1 is 1.37 bits per heavy atom. The van der Waals surface area contributed by atoms with Crippen LogP contribution in [-0.4, -0.2) is 34.6 Å². The number of hydrogen-bond acceptors (Lipinski definition) is 2. The summed E-state index contributed by atoms with van der Waals surface area (Å²) in [5, 5.41) is 11.3. The van der Waals surface area contributed by atoms with Crippen LogP contribution in [0.25, 0.3) is 0 Å². The SMILES string of the molecule is O=C(Cc1ccc(Cl)cc1Cl)N1CC(O)(C2CC2)C1. The van der Waals surface area contributed by atoms with E-state index >= 15 is 0 Å². The minimum atomic E-state index is -0.626. The first-order valence-corrected chi connectivity index (χ1v) is 7.18. The predicted octanol–water partition coefficient (Wildman–Crippen LogP) is 2.52. The fourth-order valence-corrected chi connectivity index (χ4v) is 3.09. The summed E-state index contributed by atoms with van der Waals surface area (Å²) in [4.78, 5) is 13.8. The minimum Gasteiger partial charge on any atom is -0.386 e. The van der Waals surface area contributed by atoms with Gasteiger partial charge in [-0.1, -0.05) is 29.3 Å². The number of β-amino-alcohol motifs (C(OH)–C–C–N with tert-alkyl or cyclic N) is 1. The Balaban J connectivity index is 1.60. The third-order valence-electron chi connectivity index (χ3n) is 3.98. The fraction of sp³-hybridized carbons (Fsp3) is 0.500. The summed E-state index contributed by atoms with van der Waals surface area (Å²) in [5.41, 5.74) is 0.150. The molecule has 0 aromatic heterocycles. The number of halogens is 2. The van der Waals surface area contributed by atoms with E-state index in [1.807, 2.05) is 0 Å². The van der Waals surface area contributed by atoms with Crippen molar-refractivity contribution >= 4 is 29.1 Å². The summed E-state index contributed by atoms with van der Waals surface area (Å²) in [6.45, 7) is 0.920. The molecule has 5 heteroatoms. The van der Waals surface area contributed by atoms with E-state index in [9.17, 15) is 9.90 Å². The molecule has 2 aliphatic rings. The van der Waals surface area contributed by atoms with Crippen molar-refractivity contribution in [3.63, 3.8) is 0 Å². The van der Waals surface area contributed by atoms with Crippen LogP contribution in [0.5, 0.6) is 0 Å². The van der Waals surface area contributed by atoms with Crippen LogP contribution in [0.15, 0.2) is 18.2 Å². The van der Waals surface area contributed by atoms with Crippen molar-refractivity contribution in [3.05, 3.63) is 33.8 Å². The Morgan fingerprint density at radius 2 is 2.05 bits per heavy atom. The Bertz CT molecular complexity index is 522. The molecule has 3 nitrogen and oxygen atoms in total. The molecular formula is C14H15Cl2NO2. The molecule has 0 atom stereocenters. The van der Waals surface area contributed by atoms with E-state index < -0.39 is 5.60 Å². The first kappa shape index (κ1) is 13.2. The number of aliphatic hydroxyl groups is 1. The van der Waals surface area contributed by atoms with Crippen LogP contribution in [0.4, 0.5) is 0 Å². The number of carbonyl (C=O) groups excluding carboxylic acids is 1. The van der Waals surface area contributed by atoms with Crippen LogP contribution in [0.1, 0.15) is 18.4 Å². The van der Waals surface area contributed by atoms with Gasteiger partial charge in [-0.15, -0.1) is 0 Å². The van der Waals surface area contributed by atoms with Crippen molar-refractivity contribution in [1.82, 2.24) is 4.90 Å². The number of likely N-dealkylation sites (tertiary alicyclic amines) is 1. The van der Waals surface area contributed by atoms with Crippen LogP contribution in [-0.2, 0) is 11.2 Å². The molecule has 1 saturated heterocycles. The van der Waals surface area contributed by atoms with Gasteiger partial charge in [0.2, 0.25) is 5.91 Å². The highest BCUT2D eigenvalue weighted by Crippen LogP contribution is 2.44. The van der Waals surface area contributed by atoms with Crippen LogP contribution in [0.2, 0.25) is 10.0 Å². The number of carbonyl (C=O) groups is 1. The topological polar surface area (TPSA) is 40.5 Å². The lowest BCUT2D eigenvalue weighted by atomic mass is 9.88. The summed E-state index contributed by atoms with van der Waals surface area (Å²) in [5.74, 6) is 0.408. The van der Waals surface area contributed by atoms with Crippen molar-refractivity contribution in [1.29, 1.82) is 0 Å². The van der Waals surface area contributed by atoms with E-state index in [2.05, 4.69) is 0 Å². The molecule has 0 bridgehead atoms. The quantitative estimate of drug-likeness (QED) is 0.932. The van der Waals surface area contributed by atoms with Gasteiger partial charge in [0.15, 0.2) is 0 Å². The average Bonchev–Trinajstić information content (AvgIpc) is 3.12. The second-order valence-electron chi connectivity index (χ2n) is 5.54. The molecule has 1 amide bonds. The first-order valence-electron chi connectivity index (χ1n) is 6.42. The monoisotopic (exact) mass is 299 g/mol. The average molecular weight is 300 g/mol. The fourth-order valence-electron chi connectivity index (χ4n) is 2.61. The summed E-state index contributed by atoms with van der Waals surface area (Å²) in [6, 6.07) is 5.14. The van der Waals surface area contributed by atoms with E-state index in [1.54, 1.807) is 23.1 Å². The molecule has 1 saturated carbocycles. The summed E-state index contributed by atoms with van der Waals surface area (Å²) < 4.78 is 0. The Hall–Kier alpha value is -0.770. The van der Waals surface area contributed by atoms with Gasteiger partial charge in [0, 0.05) is 10.0 Å². The van der Waals surface area contributed by atoms with E-state index in [0.29, 0.717) is 29.1 Å². The molecule has 19 heavy (non-hydrogen) atoms. The molecule has 1 heterocycles. The zero-order chi connectivity index (χ0) is 13.6. The van der Waals surface area contributed by atoms with Crippen molar-refractivity contribution < 1.29 is 9.90 Å². The number of amides is 1. The maximum atomic E-state index is 12.1. The standard InChI is InChI=1S/C14H15Cl2NO2/c15-11-4-1-9(12(16)6-11)5-13(18)17-7-14(19,8-17)10-2-3-10/h1,4,6,10,19H,2-3,5,7-8H2. The molecule has 1 aliphatic heterocycles. The predicted molar refractivity (Wildman–Crippen MR) is 74.4 cm³/mol. The third kappa shape index (κ3) is 2.60. The van der Waals surface area contributed by atoms with E-state index in [-0.39, 0.29) is 12.3 Å². The second kappa shape index (κ2) is 4.65. The highest BCUT2D eigenvalue weighted by atomic mass is 35.5. The molecule has 1 N–H and O–H groups in total. The Morgan fingerprint density at radius 3 is 2.63 bits per heavy atom. The molecule has 0 spiro atoms. The van der Waals surface area contributed by atoms with Gasteiger partial charge < -0.3 is 10.0 Å². The number of benzene rings is 1. The molecular weight excluding hydrogens is 285 g/mol. The highest BCUT2D eigenvalue weighted by molar-refractivity contribution is 6.35. The minimum absolute atomic E-state index is 0.00884. The Labute approximate surface area is 122 Å². The smallest absolute Gasteiger partial charge is 0.227 e. The van der Waals surface area contributed by atoms with Gasteiger partial charge in [-0.3, -0.25) is 4.79 Å². The zero-order valence-corrected chi connectivity index (χ0v) is 11.9. The van der Waals surface area contributed by atoms with E-state index in [0.717, 1.165) is 18.4 Å². The summed E-state index contributed by atoms with van der Waals surface area (Å²) >= 11 is 11.9. The maximum Gasteiger partial charge on any atom is 0.227 e. The molecule has 3 rings (SSSR count). The van der Waals surface area contributed by atoms with Gasteiger partial charge in [0.25, 0.3) is 0 Å². The van der Waals surface area contributed by atoms with Gasteiger partial charge in [-0.2, -0.15) is 0 Å². The molecule has 2 fully saturated rings. The lowest BCUT2D eigenvalue weighted by Gasteiger charge is -2.47. The summed E-state index contributed by atoms with van der Waals surface area (Å²) in [6.07, 6.45) is 2.43. The van der Waals surface area contributed by atoms with Gasteiger partial charge in [0.05, 0.1) is 19.5 Å². The van der Waals surface area contributed by atoms with Crippen LogP contribution < -0.4 is 0 Å².